The Morgan fingerprint density at radius 3 is 1.47 bits per heavy atom. The summed E-state index contributed by atoms with van der Waals surface area (Å²) in [5.74, 6) is 1.70. The monoisotopic (exact) mass is 440 g/mol. The zero-order valence-corrected chi connectivity index (χ0v) is 19.2. The van der Waals surface area contributed by atoms with Gasteiger partial charge in [0, 0.05) is 0 Å². The van der Waals surface area contributed by atoms with Crippen molar-refractivity contribution in [3.8, 4) is 22.6 Å². The van der Waals surface area contributed by atoms with Gasteiger partial charge < -0.3 is 9.47 Å². The highest BCUT2D eigenvalue weighted by Crippen LogP contribution is 2.50. The molecule has 0 amide bonds. The van der Waals surface area contributed by atoms with Crippen LogP contribution in [0.25, 0.3) is 33.0 Å². The van der Waals surface area contributed by atoms with E-state index in [1.165, 1.54) is 44.2 Å². The van der Waals surface area contributed by atoms with Gasteiger partial charge in [-0.05, 0) is 91.7 Å². The van der Waals surface area contributed by atoms with Crippen LogP contribution in [0.15, 0.2) is 109 Å². The first-order chi connectivity index (χ1) is 16.8. The van der Waals surface area contributed by atoms with Gasteiger partial charge in [0.2, 0.25) is 0 Å². The van der Waals surface area contributed by atoms with E-state index in [4.69, 9.17) is 9.47 Å². The standard InChI is InChI=1S/C32H24O2/c1-33-25-15-11-21(12-16-25)31(22-13-17-26(34-2)18-14-22)32-28-10-6-5-9-27(28)29-19-23-7-3-4-8-24(23)20-30(29)32/h3-20H,1-2H3. The average Bonchev–Trinajstić information content (AvgIpc) is 3.21. The number of ether oxygens (including phenoxy) is 2. The predicted molar refractivity (Wildman–Crippen MR) is 140 cm³/mol. The average molecular weight is 441 g/mol. The topological polar surface area (TPSA) is 18.5 Å². The lowest BCUT2D eigenvalue weighted by atomic mass is 9.88. The van der Waals surface area contributed by atoms with Gasteiger partial charge >= 0.3 is 0 Å². The fourth-order valence-corrected chi connectivity index (χ4v) is 4.99. The van der Waals surface area contributed by atoms with Crippen LogP contribution in [0.4, 0.5) is 0 Å². The van der Waals surface area contributed by atoms with E-state index in [2.05, 4.69) is 84.9 Å². The van der Waals surface area contributed by atoms with Crippen LogP contribution in [0, 0.1) is 0 Å². The van der Waals surface area contributed by atoms with Crippen molar-refractivity contribution in [2.24, 2.45) is 0 Å². The SMILES string of the molecule is COc1ccc(C(=C2c3ccccc3-c3cc4ccccc4cc32)c2ccc(OC)cc2)cc1. The van der Waals surface area contributed by atoms with Crippen LogP contribution >= 0.6 is 0 Å². The summed E-state index contributed by atoms with van der Waals surface area (Å²) in [4.78, 5) is 0. The van der Waals surface area contributed by atoms with E-state index in [1.807, 2.05) is 24.3 Å². The van der Waals surface area contributed by atoms with Crippen molar-refractivity contribution in [3.05, 3.63) is 131 Å². The molecule has 5 aromatic carbocycles. The van der Waals surface area contributed by atoms with Crippen LogP contribution in [0.1, 0.15) is 22.3 Å². The van der Waals surface area contributed by atoms with Crippen LogP contribution < -0.4 is 9.47 Å². The number of hydrogen-bond donors (Lipinski definition) is 0. The maximum atomic E-state index is 5.44. The molecule has 0 fully saturated rings. The largest absolute Gasteiger partial charge is 0.497 e. The molecule has 164 valence electrons. The van der Waals surface area contributed by atoms with Crippen LogP contribution in [0.3, 0.4) is 0 Å². The second kappa shape index (κ2) is 8.24. The van der Waals surface area contributed by atoms with Crippen LogP contribution in [0.2, 0.25) is 0 Å². The lowest BCUT2D eigenvalue weighted by Crippen LogP contribution is -1.95. The van der Waals surface area contributed by atoms with Gasteiger partial charge in [0.1, 0.15) is 11.5 Å². The van der Waals surface area contributed by atoms with E-state index in [0.29, 0.717) is 0 Å². The molecule has 0 saturated heterocycles. The number of fused-ring (bicyclic) bond motifs is 4. The maximum Gasteiger partial charge on any atom is 0.118 e. The lowest BCUT2D eigenvalue weighted by molar-refractivity contribution is 0.414. The Morgan fingerprint density at radius 1 is 0.471 bits per heavy atom. The molecule has 5 aromatic rings. The molecule has 34 heavy (non-hydrogen) atoms. The zero-order chi connectivity index (χ0) is 23.1. The lowest BCUT2D eigenvalue weighted by Gasteiger charge is -2.16. The second-order valence-electron chi connectivity index (χ2n) is 8.50. The summed E-state index contributed by atoms with van der Waals surface area (Å²) >= 11 is 0. The van der Waals surface area contributed by atoms with Crippen molar-refractivity contribution in [2.75, 3.05) is 14.2 Å². The summed E-state index contributed by atoms with van der Waals surface area (Å²) in [6.45, 7) is 0. The third-order valence-corrected chi connectivity index (χ3v) is 6.65. The van der Waals surface area contributed by atoms with Gasteiger partial charge in [-0.3, -0.25) is 0 Å². The van der Waals surface area contributed by atoms with Crippen molar-refractivity contribution in [2.45, 2.75) is 0 Å². The highest BCUT2D eigenvalue weighted by atomic mass is 16.5. The van der Waals surface area contributed by atoms with E-state index in [1.54, 1.807) is 14.2 Å². The van der Waals surface area contributed by atoms with Gasteiger partial charge in [-0.15, -0.1) is 0 Å². The molecule has 2 nitrogen and oxygen atoms in total. The van der Waals surface area contributed by atoms with E-state index < -0.39 is 0 Å². The number of benzene rings is 5. The summed E-state index contributed by atoms with van der Waals surface area (Å²) in [6.07, 6.45) is 0. The van der Waals surface area contributed by atoms with Crippen molar-refractivity contribution < 1.29 is 9.47 Å². The molecule has 0 aromatic heterocycles. The fourth-order valence-electron chi connectivity index (χ4n) is 4.99. The molecule has 0 heterocycles. The third-order valence-electron chi connectivity index (χ3n) is 6.65. The summed E-state index contributed by atoms with van der Waals surface area (Å²) in [5, 5.41) is 2.50. The van der Waals surface area contributed by atoms with Gasteiger partial charge in [-0.25, -0.2) is 0 Å². The fraction of sp³-hybridized carbons (Fsp3) is 0.0625. The minimum atomic E-state index is 0.848. The predicted octanol–water partition coefficient (Wildman–Crippen LogP) is 7.84. The van der Waals surface area contributed by atoms with Gasteiger partial charge in [0.15, 0.2) is 0 Å². The smallest absolute Gasteiger partial charge is 0.118 e. The molecule has 0 saturated carbocycles. The van der Waals surface area contributed by atoms with E-state index in [-0.39, 0.29) is 0 Å². The van der Waals surface area contributed by atoms with Gasteiger partial charge in [0.25, 0.3) is 0 Å². The van der Waals surface area contributed by atoms with Crippen molar-refractivity contribution in [1.29, 1.82) is 0 Å². The molecule has 6 rings (SSSR count). The first-order valence-electron chi connectivity index (χ1n) is 11.4. The number of methoxy groups -OCH3 is 2. The quantitative estimate of drug-likeness (QED) is 0.278. The van der Waals surface area contributed by atoms with Crippen molar-refractivity contribution in [3.63, 3.8) is 0 Å². The Kier molecular flexibility index (Phi) is 4.92. The van der Waals surface area contributed by atoms with Crippen LogP contribution in [-0.4, -0.2) is 14.2 Å². The van der Waals surface area contributed by atoms with Crippen LogP contribution in [-0.2, 0) is 0 Å². The van der Waals surface area contributed by atoms with Gasteiger partial charge in [-0.1, -0.05) is 72.8 Å². The van der Waals surface area contributed by atoms with E-state index in [9.17, 15) is 0 Å². The molecule has 0 radical (unpaired) electrons. The second-order valence-corrected chi connectivity index (χ2v) is 8.50. The molecule has 0 atom stereocenters. The van der Waals surface area contributed by atoms with Crippen molar-refractivity contribution >= 4 is 21.9 Å². The molecule has 0 N–H and O–H groups in total. The molecular formula is C32H24O2. The summed E-state index contributed by atoms with van der Waals surface area (Å²) in [5.41, 5.74) is 9.84. The number of hydrogen-bond acceptors (Lipinski definition) is 2. The maximum absolute atomic E-state index is 5.44. The Morgan fingerprint density at radius 2 is 0.941 bits per heavy atom. The summed E-state index contributed by atoms with van der Waals surface area (Å²) < 4.78 is 10.9. The van der Waals surface area contributed by atoms with Crippen LogP contribution in [0.5, 0.6) is 11.5 Å². The first kappa shape index (κ1) is 20.3. The molecule has 2 heteroatoms. The minimum Gasteiger partial charge on any atom is -0.497 e. The highest BCUT2D eigenvalue weighted by molar-refractivity contribution is 6.15. The first-order valence-corrected chi connectivity index (χ1v) is 11.4. The molecule has 1 aliphatic rings. The van der Waals surface area contributed by atoms with Gasteiger partial charge in [0.05, 0.1) is 14.2 Å². The molecule has 0 bridgehead atoms. The zero-order valence-electron chi connectivity index (χ0n) is 19.2. The Balaban J connectivity index is 1.71. The molecule has 0 spiro atoms. The highest BCUT2D eigenvalue weighted by Gasteiger charge is 2.27. The molecule has 1 aliphatic carbocycles. The minimum absolute atomic E-state index is 0.848. The van der Waals surface area contributed by atoms with Crippen molar-refractivity contribution in [1.82, 2.24) is 0 Å². The normalized spacial score (nSPS) is 11.8. The summed E-state index contributed by atoms with van der Waals surface area (Å²) in [6, 6.07) is 38.7. The molecular weight excluding hydrogens is 416 g/mol. The third kappa shape index (κ3) is 3.27. The van der Waals surface area contributed by atoms with E-state index in [0.717, 1.165) is 22.6 Å². The Bertz CT molecular complexity index is 1490. The van der Waals surface area contributed by atoms with E-state index >= 15 is 0 Å². The molecule has 0 aliphatic heterocycles. The Hall–Kier alpha value is -4.30. The Labute approximate surface area is 199 Å². The number of rotatable bonds is 4. The van der Waals surface area contributed by atoms with Gasteiger partial charge in [-0.2, -0.15) is 0 Å². The molecule has 0 unspecified atom stereocenters. The summed E-state index contributed by atoms with van der Waals surface area (Å²) in [7, 11) is 3.40.